The molecule has 0 bridgehead atoms. The summed E-state index contributed by atoms with van der Waals surface area (Å²) in [6.45, 7) is 24.8. The summed E-state index contributed by atoms with van der Waals surface area (Å²) in [6, 6.07) is -2.02. The van der Waals surface area contributed by atoms with Gasteiger partial charge in [0.25, 0.3) is 0 Å². The van der Waals surface area contributed by atoms with Crippen LogP contribution in [0.3, 0.4) is 0 Å². The van der Waals surface area contributed by atoms with E-state index in [9.17, 15) is 28.8 Å². The van der Waals surface area contributed by atoms with Crippen molar-refractivity contribution in [2.75, 3.05) is 0 Å². The average molecular weight is 877 g/mol. The number of unbranched alkanes of at least 4 members (excludes halogenated alkanes) is 12. The summed E-state index contributed by atoms with van der Waals surface area (Å²) in [5.74, 6) is 0.0216. The highest BCUT2D eigenvalue weighted by molar-refractivity contribution is 5.94. The maximum atomic E-state index is 13.1. The SMILES string of the molecule is CCCCCC(C)C(=O)NC(CCCCC)C(=O)NC(CCCCC)C(=O)CC(C)C.CCCCCC(C)C(=O)NC(CCCCC)C(=O)NC(CCCCC)C(=O)CC(C)C. The van der Waals surface area contributed by atoms with Crippen LogP contribution in [0.25, 0.3) is 0 Å². The van der Waals surface area contributed by atoms with Crippen molar-refractivity contribution in [2.45, 2.75) is 274 Å². The van der Waals surface area contributed by atoms with Gasteiger partial charge in [-0.1, -0.05) is 199 Å². The molecule has 10 heteroatoms. The van der Waals surface area contributed by atoms with Crippen molar-refractivity contribution in [3.8, 4) is 0 Å². The van der Waals surface area contributed by atoms with Crippen LogP contribution in [-0.4, -0.2) is 59.4 Å². The fourth-order valence-electron chi connectivity index (χ4n) is 7.48. The van der Waals surface area contributed by atoms with Crippen LogP contribution >= 0.6 is 0 Å². The van der Waals surface area contributed by atoms with Crippen LogP contribution in [0, 0.1) is 23.7 Å². The lowest BCUT2D eigenvalue weighted by Crippen LogP contribution is -2.52. The van der Waals surface area contributed by atoms with Gasteiger partial charge in [0, 0.05) is 24.7 Å². The Morgan fingerprint density at radius 2 is 0.532 bits per heavy atom. The molecule has 0 fully saturated rings. The van der Waals surface area contributed by atoms with Crippen molar-refractivity contribution < 1.29 is 28.8 Å². The summed E-state index contributed by atoms with van der Waals surface area (Å²) in [4.78, 5) is 77.1. The largest absolute Gasteiger partial charge is 0.345 e. The molecule has 4 amide bonds. The maximum Gasteiger partial charge on any atom is 0.243 e. The second-order valence-electron chi connectivity index (χ2n) is 19.2. The Morgan fingerprint density at radius 3 is 0.774 bits per heavy atom. The van der Waals surface area contributed by atoms with Gasteiger partial charge >= 0.3 is 0 Å². The van der Waals surface area contributed by atoms with Crippen LogP contribution in [-0.2, 0) is 28.8 Å². The fraction of sp³-hybridized carbons (Fsp3) is 0.885. The van der Waals surface area contributed by atoms with Crippen LogP contribution in [0.2, 0.25) is 0 Å². The molecule has 0 aromatic carbocycles. The third-order valence-corrected chi connectivity index (χ3v) is 11.7. The first-order valence-corrected chi connectivity index (χ1v) is 25.8. The number of rotatable bonds is 38. The van der Waals surface area contributed by atoms with Gasteiger partial charge in [0.15, 0.2) is 11.6 Å². The molecule has 0 aliphatic rings. The van der Waals surface area contributed by atoms with Gasteiger partial charge in [-0.05, 0) is 50.4 Å². The first kappa shape index (κ1) is 61.3. The van der Waals surface area contributed by atoms with Crippen molar-refractivity contribution >= 4 is 35.2 Å². The van der Waals surface area contributed by atoms with Gasteiger partial charge in [0.05, 0.1) is 12.1 Å². The fourth-order valence-corrected chi connectivity index (χ4v) is 7.48. The number of hydrogen-bond donors (Lipinski definition) is 4. The lowest BCUT2D eigenvalue weighted by atomic mass is 9.96. The molecule has 0 rings (SSSR count). The Hall–Kier alpha value is -2.78. The van der Waals surface area contributed by atoms with Crippen molar-refractivity contribution in [1.29, 1.82) is 0 Å². The highest BCUT2D eigenvalue weighted by atomic mass is 16.2. The van der Waals surface area contributed by atoms with Crippen LogP contribution < -0.4 is 21.3 Å². The molecule has 0 aliphatic carbocycles. The Kier molecular flexibility index (Phi) is 39.3. The molecular formula is C52H100N4O6. The Labute approximate surface area is 382 Å². The number of carbonyl (C=O) groups is 6. The molecule has 0 aromatic heterocycles. The van der Waals surface area contributed by atoms with E-state index in [0.29, 0.717) is 38.5 Å². The molecule has 6 unspecified atom stereocenters. The maximum absolute atomic E-state index is 13.1. The third kappa shape index (κ3) is 32.0. The molecule has 364 valence electrons. The second kappa shape index (κ2) is 39.8. The molecule has 10 nitrogen and oxygen atoms in total. The van der Waals surface area contributed by atoms with E-state index < -0.39 is 24.2 Å². The zero-order valence-electron chi connectivity index (χ0n) is 42.5. The quantitative estimate of drug-likeness (QED) is 0.0454. The van der Waals surface area contributed by atoms with Crippen LogP contribution in [0.1, 0.15) is 250 Å². The number of carbonyl (C=O) groups excluding carboxylic acids is 6. The smallest absolute Gasteiger partial charge is 0.243 e. The number of nitrogens with one attached hydrogen (secondary N) is 4. The lowest BCUT2D eigenvalue weighted by Gasteiger charge is -2.24. The summed E-state index contributed by atoms with van der Waals surface area (Å²) < 4.78 is 0. The van der Waals surface area contributed by atoms with Gasteiger partial charge in [0.2, 0.25) is 23.6 Å². The summed E-state index contributed by atoms with van der Waals surface area (Å²) in [5, 5.41) is 12.0. The van der Waals surface area contributed by atoms with Crippen molar-refractivity contribution in [3.63, 3.8) is 0 Å². The third-order valence-electron chi connectivity index (χ3n) is 11.7. The van der Waals surface area contributed by atoms with E-state index in [-0.39, 0.29) is 58.9 Å². The molecule has 0 spiro atoms. The zero-order chi connectivity index (χ0) is 47.3. The van der Waals surface area contributed by atoms with E-state index in [1.165, 1.54) is 0 Å². The van der Waals surface area contributed by atoms with Crippen molar-refractivity contribution in [3.05, 3.63) is 0 Å². The van der Waals surface area contributed by atoms with Crippen LogP contribution in [0.5, 0.6) is 0 Å². The van der Waals surface area contributed by atoms with Gasteiger partial charge in [-0.3, -0.25) is 28.8 Å². The minimum Gasteiger partial charge on any atom is -0.345 e. The molecule has 4 N–H and O–H groups in total. The van der Waals surface area contributed by atoms with Gasteiger partial charge in [0.1, 0.15) is 12.1 Å². The molecule has 62 heavy (non-hydrogen) atoms. The first-order valence-electron chi connectivity index (χ1n) is 25.8. The normalized spacial score (nSPS) is 14.2. The van der Waals surface area contributed by atoms with Crippen LogP contribution in [0.15, 0.2) is 0 Å². The molecule has 0 aliphatic heterocycles. The summed E-state index contributed by atoms with van der Waals surface area (Å²) in [5.41, 5.74) is 0. The Morgan fingerprint density at radius 1 is 0.306 bits per heavy atom. The van der Waals surface area contributed by atoms with Crippen LogP contribution in [0.4, 0.5) is 0 Å². The molecule has 0 aromatic rings. The monoisotopic (exact) mass is 877 g/mol. The van der Waals surface area contributed by atoms with E-state index in [1.54, 1.807) is 0 Å². The zero-order valence-corrected chi connectivity index (χ0v) is 42.5. The molecule has 0 saturated carbocycles. The van der Waals surface area contributed by atoms with E-state index >= 15 is 0 Å². The molecule has 0 heterocycles. The lowest BCUT2D eigenvalue weighted by molar-refractivity contribution is -0.133. The van der Waals surface area contributed by atoms with E-state index in [0.717, 1.165) is 128 Å². The highest BCUT2D eigenvalue weighted by Gasteiger charge is 2.29. The number of Topliss-reactive ketones (excluding diaryl/α,β-unsaturated/α-hetero) is 2. The topological polar surface area (TPSA) is 151 Å². The van der Waals surface area contributed by atoms with Gasteiger partial charge in [-0.15, -0.1) is 0 Å². The predicted molar refractivity (Wildman–Crippen MR) is 260 cm³/mol. The minimum absolute atomic E-state index is 0.0520. The summed E-state index contributed by atoms with van der Waals surface area (Å²) >= 11 is 0. The van der Waals surface area contributed by atoms with Gasteiger partial charge < -0.3 is 21.3 Å². The summed E-state index contributed by atoms with van der Waals surface area (Å²) in [6.07, 6.45) is 23.8. The summed E-state index contributed by atoms with van der Waals surface area (Å²) in [7, 11) is 0. The van der Waals surface area contributed by atoms with Crippen molar-refractivity contribution in [2.24, 2.45) is 23.7 Å². The predicted octanol–water partition coefficient (Wildman–Crippen LogP) is 11.9. The first-order chi connectivity index (χ1) is 29.5. The average Bonchev–Trinajstić information content (AvgIpc) is 3.21. The number of ketones is 2. The molecule has 0 saturated heterocycles. The number of amides is 4. The standard InChI is InChI=1S/2C26H50N2O3/c2*1-7-10-13-16-21(6)25(30)28-23(18-15-12-9-3)26(31)27-22(17-14-11-8-2)24(29)19-20(4)5/h2*20-23H,7-19H2,1-6H3,(H,27,31)(H,28,30). The Balaban J connectivity index is 0. The van der Waals surface area contributed by atoms with E-state index in [1.807, 2.05) is 41.5 Å². The highest BCUT2D eigenvalue weighted by Crippen LogP contribution is 2.16. The molecular weight excluding hydrogens is 777 g/mol. The molecule has 6 atom stereocenters. The minimum atomic E-state index is -0.562. The Bertz CT molecular complexity index is 1100. The van der Waals surface area contributed by atoms with E-state index in [2.05, 4.69) is 62.8 Å². The second-order valence-corrected chi connectivity index (χ2v) is 19.2. The van der Waals surface area contributed by atoms with Gasteiger partial charge in [-0.2, -0.15) is 0 Å². The van der Waals surface area contributed by atoms with E-state index in [4.69, 9.17) is 0 Å². The molecule has 0 radical (unpaired) electrons. The number of hydrogen-bond acceptors (Lipinski definition) is 6. The van der Waals surface area contributed by atoms with Gasteiger partial charge in [-0.25, -0.2) is 0 Å². The van der Waals surface area contributed by atoms with Crippen molar-refractivity contribution in [1.82, 2.24) is 21.3 Å².